The fourth-order valence-electron chi connectivity index (χ4n) is 1.63. The van der Waals surface area contributed by atoms with E-state index in [9.17, 15) is 8.42 Å². The SMILES string of the molecule is CN(CC(C)(C)CN)S(=O)(=O)c1ccc(C#N)cc1. The number of nitriles is 1. The normalized spacial score (nSPS) is 12.4. The third-order valence-corrected chi connectivity index (χ3v) is 4.71. The second-order valence-corrected chi connectivity index (χ2v) is 7.31. The summed E-state index contributed by atoms with van der Waals surface area (Å²) in [5.74, 6) is 0. The van der Waals surface area contributed by atoms with Crippen molar-refractivity contribution in [2.24, 2.45) is 11.1 Å². The first kappa shape index (κ1) is 15.6. The Hall–Kier alpha value is -1.42. The van der Waals surface area contributed by atoms with Gasteiger partial charge < -0.3 is 5.73 Å². The fourth-order valence-corrected chi connectivity index (χ4v) is 2.99. The third kappa shape index (κ3) is 3.77. The van der Waals surface area contributed by atoms with E-state index in [4.69, 9.17) is 11.0 Å². The van der Waals surface area contributed by atoms with Crippen LogP contribution in [-0.2, 0) is 10.0 Å². The van der Waals surface area contributed by atoms with Gasteiger partial charge in [-0.3, -0.25) is 0 Å². The molecule has 0 saturated heterocycles. The molecular formula is C13H19N3O2S. The molecule has 104 valence electrons. The molecule has 0 aliphatic carbocycles. The van der Waals surface area contributed by atoms with Gasteiger partial charge in [0.15, 0.2) is 0 Å². The lowest BCUT2D eigenvalue weighted by atomic mass is 9.94. The van der Waals surface area contributed by atoms with Crippen LogP contribution >= 0.6 is 0 Å². The first-order valence-corrected chi connectivity index (χ1v) is 7.33. The van der Waals surface area contributed by atoms with Crippen LogP contribution in [0.3, 0.4) is 0 Å². The van der Waals surface area contributed by atoms with Gasteiger partial charge in [-0.1, -0.05) is 13.8 Å². The highest BCUT2D eigenvalue weighted by molar-refractivity contribution is 7.89. The van der Waals surface area contributed by atoms with E-state index in [-0.39, 0.29) is 10.3 Å². The molecule has 19 heavy (non-hydrogen) atoms. The van der Waals surface area contributed by atoms with Crippen LogP contribution in [0.2, 0.25) is 0 Å². The second kappa shape index (κ2) is 5.70. The largest absolute Gasteiger partial charge is 0.330 e. The molecule has 0 spiro atoms. The zero-order valence-electron chi connectivity index (χ0n) is 11.4. The molecule has 0 aromatic heterocycles. The number of rotatable bonds is 5. The Morgan fingerprint density at radius 1 is 1.32 bits per heavy atom. The molecule has 6 heteroatoms. The van der Waals surface area contributed by atoms with Gasteiger partial charge in [0.1, 0.15) is 0 Å². The zero-order valence-corrected chi connectivity index (χ0v) is 12.2. The Morgan fingerprint density at radius 2 is 1.84 bits per heavy atom. The van der Waals surface area contributed by atoms with Crippen LogP contribution in [0.15, 0.2) is 29.2 Å². The van der Waals surface area contributed by atoms with Crippen molar-refractivity contribution in [1.82, 2.24) is 4.31 Å². The molecule has 0 amide bonds. The van der Waals surface area contributed by atoms with Crippen molar-refractivity contribution in [3.63, 3.8) is 0 Å². The summed E-state index contributed by atoms with van der Waals surface area (Å²) in [6.45, 7) is 4.57. The van der Waals surface area contributed by atoms with Crippen LogP contribution < -0.4 is 5.73 Å². The molecule has 1 aromatic carbocycles. The van der Waals surface area contributed by atoms with Gasteiger partial charge in [-0.2, -0.15) is 5.26 Å². The van der Waals surface area contributed by atoms with E-state index in [0.717, 1.165) is 0 Å². The van der Waals surface area contributed by atoms with Gasteiger partial charge in [0.05, 0.1) is 16.5 Å². The van der Waals surface area contributed by atoms with E-state index in [1.165, 1.54) is 35.6 Å². The number of hydrogen-bond donors (Lipinski definition) is 1. The molecular weight excluding hydrogens is 262 g/mol. The molecule has 0 bridgehead atoms. The van der Waals surface area contributed by atoms with E-state index in [0.29, 0.717) is 18.7 Å². The number of sulfonamides is 1. The Kier molecular flexibility index (Phi) is 4.69. The van der Waals surface area contributed by atoms with Crippen LogP contribution in [0.5, 0.6) is 0 Å². The fraction of sp³-hybridized carbons (Fsp3) is 0.462. The van der Waals surface area contributed by atoms with Gasteiger partial charge in [-0.05, 0) is 36.2 Å². The van der Waals surface area contributed by atoms with Crippen molar-refractivity contribution in [3.05, 3.63) is 29.8 Å². The Labute approximate surface area is 114 Å². The van der Waals surface area contributed by atoms with Crippen molar-refractivity contribution in [3.8, 4) is 6.07 Å². The predicted octanol–water partition coefficient (Wildman–Crippen LogP) is 1.16. The van der Waals surface area contributed by atoms with E-state index in [2.05, 4.69) is 0 Å². The van der Waals surface area contributed by atoms with Crippen molar-refractivity contribution in [1.29, 1.82) is 5.26 Å². The van der Waals surface area contributed by atoms with Crippen molar-refractivity contribution < 1.29 is 8.42 Å². The van der Waals surface area contributed by atoms with Crippen molar-refractivity contribution >= 4 is 10.0 Å². The highest BCUT2D eigenvalue weighted by atomic mass is 32.2. The molecule has 0 aliphatic heterocycles. The Morgan fingerprint density at radius 3 is 2.26 bits per heavy atom. The standard InChI is InChI=1S/C13H19N3O2S/c1-13(2,9-15)10-16(3)19(17,18)12-6-4-11(8-14)5-7-12/h4-7H,9-10,15H2,1-3H3. The molecule has 0 heterocycles. The van der Waals surface area contributed by atoms with Crippen LogP contribution in [0.25, 0.3) is 0 Å². The maximum Gasteiger partial charge on any atom is 0.242 e. The monoisotopic (exact) mass is 281 g/mol. The van der Waals surface area contributed by atoms with Crippen LogP contribution in [-0.4, -0.2) is 32.9 Å². The lowest BCUT2D eigenvalue weighted by molar-refractivity contribution is 0.292. The van der Waals surface area contributed by atoms with E-state index < -0.39 is 10.0 Å². The summed E-state index contributed by atoms with van der Waals surface area (Å²) in [5, 5.41) is 8.70. The molecule has 0 fully saturated rings. The minimum absolute atomic E-state index is 0.182. The molecule has 0 radical (unpaired) electrons. The highest BCUT2D eigenvalue weighted by Gasteiger charge is 2.27. The van der Waals surface area contributed by atoms with E-state index in [1.807, 2.05) is 19.9 Å². The highest BCUT2D eigenvalue weighted by Crippen LogP contribution is 2.20. The van der Waals surface area contributed by atoms with Crippen LogP contribution in [0.4, 0.5) is 0 Å². The molecule has 0 atom stereocenters. The van der Waals surface area contributed by atoms with E-state index >= 15 is 0 Å². The maximum absolute atomic E-state index is 12.3. The molecule has 0 unspecified atom stereocenters. The molecule has 2 N–H and O–H groups in total. The van der Waals surface area contributed by atoms with Gasteiger partial charge in [-0.15, -0.1) is 0 Å². The first-order valence-electron chi connectivity index (χ1n) is 5.89. The van der Waals surface area contributed by atoms with Crippen LogP contribution in [0, 0.1) is 16.7 Å². The minimum Gasteiger partial charge on any atom is -0.330 e. The summed E-state index contributed by atoms with van der Waals surface area (Å²) in [6.07, 6.45) is 0. The Bertz CT molecular complexity index is 571. The topological polar surface area (TPSA) is 87.2 Å². The summed E-state index contributed by atoms with van der Waals surface area (Å²) >= 11 is 0. The summed E-state index contributed by atoms with van der Waals surface area (Å²) < 4.78 is 25.9. The second-order valence-electron chi connectivity index (χ2n) is 5.27. The van der Waals surface area contributed by atoms with Crippen molar-refractivity contribution in [2.75, 3.05) is 20.1 Å². The van der Waals surface area contributed by atoms with Gasteiger partial charge >= 0.3 is 0 Å². The van der Waals surface area contributed by atoms with Gasteiger partial charge in [-0.25, -0.2) is 12.7 Å². The average Bonchev–Trinajstić information content (AvgIpc) is 2.38. The predicted molar refractivity (Wildman–Crippen MR) is 73.8 cm³/mol. The van der Waals surface area contributed by atoms with E-state index in [1.54, 1.807) is 0 Å². The summed E-state index contributed by atoms with van der Waals surface area (Å²) in [5.41, 5.74) is 5.77. The first-order chi connectivity index (χ1) is 8.73. The average molecular weight is 281 g/mol. The lowest BCUT2D eigenvalue weighted by Crippen LogP contribution is -2.39. The molecule has 1 aromatic rings. The van der Waals surface area contributed by atoms with Crippen molar-refractivity contribution in [2.45, 2.75) is 18.7 Å². The third-order valence-electron chi connectivity index (χ3n) is 2.89. The number of hydrogen-bond acceptors (Lipinski definition) is 4. The summed E-state index contributed by atoms with van der Waals surface area (Å²) in [6, 6.07) is 7.84. The van der Waals surface area contributed by atoms with Gasteiger partial charge in [0.2, 0.25) is 10.0 Å². The minimum atomic E-state index is -3.54. The smallest absolute Gasteiger partial charge is 0.242 e. The number of benzene rings is 1. The molecule has 5 nitrogen and oxygen atoms in total. The van der Waals surface area contributed by atoms with Gasteiger partial charge in [0.25, 0.3) is 0 Å². The quantitative estimate of drug-likeness (QED) is 0.877. The molecule has 1 rings (SSSR count). The molecule has 0 aliphatic rings. The Balaban J connectivity index is 3.00. The van der Waals surface area contributed by atoms with Crippen LogP contribution in [0.1, 0.15) is 19.4 Å². The maximum atomic E-state index is 12.3. The number of nitrogens with zero attached hydrogens (tertiary/aromatic N) is 2. The van der Waals surface area contributed by atoms with Gasteiger partial charge in [0, 0.05) is 13.6 Å². The summed E-state index contributed by atoms with van der Waals surface area (Å²) in [4.78, 5) is 0.182. The lowest BCUT2D eigenvalue weighted by Gasteiger charge is -2.28. The zero-order chi connectivity index (χ0) is 14.7. The number of nitrogens with two attached hydrogens (primary N) is 1. The molecule has 0 saturated carbocycles. The summed E-state index contributed by atoms with van der Waals surface area (Å²) in [7, 11) is -2.01.